The Morgan fingerprint density at radius 2 is 1.94 bits per heavy atom. The number of hydrogen-bond acceptors (Lipinski definition) is 2. The molecule has 80 valence electrons. The van der Waals surface area contributed by atoms with E-state index in [0.29, 0.717) is 11.3 Å². The average Bonchev–Trinajstić information content (AvgIpc) is 2.30. The predicted molar refractivity (Wildman–Crippen MR) is 59.7 cm³/mol. The SMILES string of the molecule is O=C1NC=CC(=CC(=O)c2ccccc2)N1. The maximum Gasteiger partial charge on any atom is 0.323 e. The minimum atomic E-state index is -0.338. The first-order chi connectivity index (χ1) is 7.75. The summed E-state index contributed by atoms with van der Waals surface area (Å²) in [5.74, 6) is -0.137. The Kier molecular flexibility index (Phi) is 2.82. The van der Waals surface area contributed by atoms with Crippen LogP contribution in [0.4, 0.5) is 4.79 Å². The zero-order chi connectivity index (χ0) is 11.4. The summed E-state index contributed by atoms with van der Waals surface area (Å²) in [6.07, 6.45) is 4.51. The lowest BCUT2D eigenvalue weighted by molar-refractivity contribution is 0.104. The highest BCUT2D eigenvalue weighted by Gasteiger charge is 2.08. The first kappa shape index (κ1) is 10.2. The number of amides is 2. The monoisotopic (exact) mass is 214 g/mol. The largest absolute Gasteiger partial charge is 0.323 e. The molecule has 0 spiro atoms. The van der Waals surface area contributed by atoms with Gasteiger partial charge >= 0.3 is 6.03 Å². The van der Waals surface area contributed by atoms with Gasteiger partial charge in [0.25, 0.3) is 0 Å². The molecule has 0 radical (unpaired) electrons. The zero-order valence-electron chi connectivity index (χ0n) is 8.44. The van der Waals surface area contributed by atoms with E-state index < -0.39 is 0 Å². The topological polar surface area (TPSA) is 58.2 Å². The van der Waals surface area contributed by atoms with Gasteiger partial charge in [-0.2, -0.15) is 0 Å². The van der Waals surface area contributed by atoms with Crippen molar-refractivity contribution < 1.29 is 9.59 Å². The van der Waals surface area contributed by atoms with E-state index in [9.17, 15) is 9.59 Å². The molecule has 2 amide bonds. The minimum Gasteiger partial charge on any atom is -0.314 e. The van der Waals surface area contributed by atoms with Crippen molar-refractivity contribution in [2.45, 2.75) is 0 Å². The van der Waals surface area contributed by atoms with Crippen LogP contribution in [-0.4, -0.2) is 11.8 Å². The number of rotatable bonds is 2. The van der Waals surface area contributed by atoms with Crippen molar-refractivity contribution in [1.29, 1.82) is 0 Å². The first-order valence-electron chi connectivity index (χ1n) is 4.81. The summed E-state index contributed by atoms with van der Waals surface area (Å²) < 4.78 is 0. The second kappa shape index (κ2) is 4.44. The van der Waals surface area contributed by atoms with Crippen LogP contribution in [0.5, 0.6) is 0 Å². The molecular formula is C12H10N2O2. The van der Waals surface area contributed by atoms with Crippen LogP contribution in [-0.2, 0) is 0 Å². The number of benzene rings is 1. The highest BCUT2D eigenvalue weighted by atomic mass is 16.2. The molecule has 2 N–H and O–H groups in total. The first-order valence-corrected chi connectivity index (χ1v) is 4.81. The molecule has 0 fully saturated rings. The Bertz CT molecular complexity index is 475. The summed E-state index contributed by atoms with van der Waals surface area (Å²) in [5.41, 5.74) is 1.08. The highest BCUT2D eigenvalue weighted by molar-refractivity contribution is 6.05. The normalized spacial score (nSPS) is 16.8. The number of ketones is 1. The van der Waals surface area contributed by atoms with Crippen molar-refractivity contribution in [3.8, 4) is 0 Å². The van der Waals surface area contributed by atoms with Gasteiger partial charge in [0.2, 0.25) is 0 Å². The molecular weight excluding hydrogens is 204 g/mol. The Morgan fingerprint density at radius 1 is 1.19 bits per heavy atom. The maximum absolute atomic E-state index is 11.7. The number of carbonyl (C=O) groups is 2. The number of allylic oxidation sites excluding steroid dienone is 2. The molecule has 0 unspecified atom stereocenters. The van der Waals surface area contributed by atoms with Crippen LogP contribution in [0.1, 0.15) is 10.4 Å². The fourth-order valence-corrected chi connectivity index (χ4v) is 1.33. The molecule has 0 aliphatic carbocycles. The molecule has 4 nitrogen and oxygen atoms in total. The van der Waals surface area contributed by atoms with Gasteiger partial charge < -0.3 is 10.6 Å². The van der Waals surface area contributed by atoms with E-state index in [1.165, 1.54) is 12.3 Å². The van der Waals surface area contributed by atoms with E-state index >= 15 is 0 Å². The molecule has 1 aliphatic heterocycles. The summed E-state index contributed by atoms with van der Waals surface area (Å²) >= 11 is 0. The van der Waals surface area contributed by atoms with Crippen LogP contribution < -0.4 is 10.6 Å². The summed E-state index contributed by atoms with van der Waals surface area (Å²) in [7, 11) is 0. The summed E-state index contributed by atoms with van der Waals surface area (Å²) in [4.78, 5) is 22.7. The van der Waals surface area contributed by atoms with Crippen molar-refractivity contribution in [2.75, 3.05) is 0 Å². The van der Waals surface area contributed by atoms with Gasteiger partial charge in [-0.05, 0) is 6.08 Å². The maximum atomic E-state index is 11.7. The van der Waals surface area contributed by atoms with Crippen LogP contribution in [0.2, 0.25) is 0 Å². The average molecular weight is 214 g/mol. The Hall–Kier alpha value is -2.36. The van der Waals surface area contributed by atoms with Gasteiger partial charge in [-0.25, -0.2) is 4.79 Å². The molecule has 0 saturated carbocycles. The summed E-state index contributed by atoms with van der Waals surface area (Å²) in [6.45, 7) is 0. The second-order valence-corrected chi connectivity index (χ2v) is 3.26. The predicted octanol–water partition coefficient (Wildman–Crippen LogP) is 1.58. The minimum absolute atomic E-state index is 0.137. The van der Waals surface area contributed by atoms with Gasteiger partial charge in [-0.1, -0.05) is 30.3 Å². The van der Waals surface area contributed by atoms with Gasteiger partial charge in [0.05, 0.1) is 0 Å². The fraction of sp³-hybridized carbons (Fsp3) is 0. The number of carbonyl (C=O) groups excluding carboxylic acids is 2. The van der Waals surface area contributed by atoms with E-state index in [1.807, 2.05) is 6.07 Å². The quantitative estimate of drug-likeness (QED) is 0.580. The molecule has 4 heteroatoms. The highest BCUT2D eigenvalue weighted by Crippen LogP contribution is 2.04. The third-order valence-corrected chi connectivity index (χ3v) is 2.08. The van der Waals surface area contributed by atoms with Crippen LogP contribution in [0.15, 0.2) is 54.4 Å². The standard InChI is InChI=1S/C12H10N2O2/c15-11(9-4-2-1-3-5-9)8-10-6-7-13-12(16)14-10/h1-8H,(H2,13,14,16). The van der Waals surface area contributed by atoms with E-state index in [2.05, 4.69) is 10.6 Å². The van der Waals surface area contributed by atoms with Crippen molar-refractivity contribution in [3.05, 3.63) is 59.9 Å². The number of nitrogens with one attached hydrogen (secondary N) is 2. The smallest absolute Gasteiger partial charge is 0.314 e. The van der Waals surface area contributed by atoms with Gasteiger partial charge in [-0.15, -0.1) is 0 Å². The van der Waals surface area contributed by atoms with Gasteiger partial charge in [0, 0.05) is 23.5 Å². The van der Waals surface area contributed by atoms with E-state index in [1.54, 1.807) is 30.3 Å². The molecule has 0 aromatic heterocycles. The summed E-state index contributed by atoms with van der Waals surface area (Å²) in [5, 5.41) is 4.96. The molecule has 1 aromatic rings. The van der Waals surface area contributed by atoms with Gasteiger partial charge in [-0.3, -0.25) is 4.79 Å². The lowest BCUT2D eigenvalue weighted by Crippen LogP contribution is -2.34. The third kappa shape index (κ3) is 2.36. The zero-order valence-corrected chi connectivity index (χ0v) is 8.44. The van der Waals surface area contributed by atoms with E-state index in [0.717, 1.165) is 0 Å². The molecule has 0 saturated heterocycles. The molecule has 16 heavy (non-hydrogen) atoms. The lowest BCUT2D eigenvalue weighted by atomic mass is 10.1. The molecule has 0 atom stereocenters. The van der Waals surface area contributed by atoms with Crippen LogP contribution in [0, 0.1) is 0 Å². The molecule has 0 bridgehead atoms. The summed E-state index contributed by atoms with van der Waals surface area (Å²) in [6, 6.07) is 8.55. The van der Waals surface area contributed by atoms with Crippen LogP contribution >= 0.6 is 0 Å². The Morgan fingerprint density at radius 3 is 2.62 bits per heavy atom. The molecule has 1 heterocycles. The van der Waals surface area contributed by atoms with Crippen molar-refractivity contribution >= 4 is 11.8 Å². The van der Waals surface area contributed by atoms with E-state index in [-0.39, 0.29) is 11.8 Å². The Labute approximate surface area is 92.7 Å². The van der Waals surface area contributed by atoms with Crippen molar-refractivity contribution in [1.82, 2.24) is 10.6 Å². The van der Waals surface area contributed by atoms with Crippen molar-refractivity contribution in [2.24, 2.45) is 0 Å². The third-order valence-electron chi connectivity index (χ3n) is 2.08. The van der Waals surface area contributed by atoms with Gasteiger partial charge in [0.1, 0.15) is 0 Å². The van der Waals surface area contributed by atoms with Gasteiger partial charge in [0.15, 0.2) is 5.78 Å². The second-order valence-electron chi connectivity index (χ2n) is 3.26. The number of hydrogen-bond donors (Lipinski definition) is 2. The lowest BCUT2D eigenvalue weighted by Gasteiger charge is -2.10. The fourth-order valence-electron chi connectivity index (χ4n) is 1.33. The van der Waals surface area contributed by atoms with Crippen LogP contribution in [0.25, 0.3) is 0 Å². The molecule has 1 aliphatic rings. The Balaban J connectivity index is 2.18. The van der Waals surface area contributed by atoms with Crippen molar-refractivity contribution in [3.63, 3.8) is 0 Å². The van der Waals surface area contributed by atoms with E-state index in [4.69, 9.17) is 0 Å². The molecule has 2 rings (SSSR count). The van der Waals surface area contributed by atoms with Crippen LogP contribution in [0.3, 0.4) is 0 Å². The molecule has 1 aromatic carbocycles. The number of urea groups is 1.